The molecular formula is C12H15N. The summed E-state index contributed by atoms with van der Waals surface area (Å²) in [5.74, 6) is 0.564. The van der Waals surface area contributed by atoms with Gasteiger partial charge >= 0.3 is 0 Å². The van der Waals surface area contributed by atoms with Crippen molar-refractivity contribution in [3.63, 3.8) is 0 Å². The van der Waals surface area contributed by atoms with E-state index in [2.05, 4.69) is 36.2 Å². The Morgan fingerprint density at radius 1 is 1.46 bits per heavy atom. The van der Waals surface area contributed by atoms with Gasteiger partial charge in [-0.25, -0.2) is 0 Å². The third kappa shape index (κ3) is 1.97. The fourth-order valence-corrected chi connectivity index (χ4v) is 1.82. The second kappa shape index (κ2) is 3.73. The van der Waals surface area contributed by atoms with E-state index in [1.54, 1.807) is 0 Å². The number of aryl methyl sites for hydroxylation is 1. The normalized spacial score (nSPS) is 21.8. The molecule has 2 rings (SSSR count). The largest absolute Gasteiger partial charge is 0.261 e. The van der Waals surface area contributed by atoms with E-state index in [4.69, 9.17) is 0 Å². The number of nitrogens with zero attached hydrogens (tertiary/aromatic N) is 1. The predicted octanol–water partition coefficient (Wildman–Crippen LogP) is 3.21. The van der Waals surface area contributed by atoms with E-state index in [9.17, 15) is 0 Å². The summed E-state index contributed by atoms with van der Waals surface area (Å²) in [5.41, 5.74) is 2.54. The minimum atomic E-state index is 0.564. The first-order valence-corrected chi connectivity index (χ1v) is 4.95. The van der Waals surface area contributed by atoms with Crippen LogP contribution in [0.15, 0.2) is 30.5 Å². The van der Waals surface area contributed by atoms with Gasteiger partial charge in [-0.1, -0.05) is 12.2 Å². The van der Waals surface area contributed by atoms with Gasteiger partial charge < -0.3 is 0 Å². The van der Waals surface area contributed by atoms with E-state index in [0.29, 0.717) is 5.92 Å². The van der Waals surface area contributed by atoms with Crippen LogP contribution in [0.25, 0.3) is 0 Å². The fraction of sp³-hybridized carbons (Fsp3) is 0.417. The lowest BCUT2D eigenvalue weighted by molar-refractivity contribution is 0.641. The second-order valence-electron chi connectivity index (χ2n) is 3.72. The van der Waals surface area contributed by atoms with Crippen molar-refractivity contribution in [3.05, 3.63) is 41.7 Å². The molecule has 0 bridgehead atoms. The van der Waals surface area contributed by atoms with Crippen LogP contribution in [-0.2, 0) is 0 Å². The van der Waals surface area contributed by atoms with Crippen LogP contribution in [-0.4, -0.2) is 4.98 Å². The van der Waals surface area contributed by atoms with Crippen molar-refractivity contribution in [1.82, 2.24) is 4.98 Å². The maximum atomic E-state index is 4.41. The van der Waals surface area contributed by atoms with Crippen molar-refractivity contribution in [2.75, 3.05) is 0 Å². The van der Waals surface area contributed by atoms with Gasteiger partial charge in [0.25, 0.3) is 0 Å². The van der Waals surface area contributed by atoms with Gasteiger partial charge in [-0.2, -0.15) is 0 Å². The molecule has 68 valence electrons. The summed E-state index contributed by atoms with van der Waals surface area (Å²) < 4.78 is 0. The molecule has 0 radical (unpaired) electrons. The molecule has 1 aromatic heterocycles. The van der Waals surface area contributed by atoms with E-state index in [-0.39, 0.29) is 0 Å². The summed E-state index contributed by atoms with van der Waals surface area (Å²) in [4.78, 5) is 4.41. The molecule has 0 unspecified atom stereocenters. The van der Waals surface area contributed by atoms with E-state index < -0.39 is 0 Å². The summed E-state index contributed by atoms with van der Waals surface area (Å²) in [7, 11) is 0. The highest BCUT2D eigenvalue weighted by Gasteiger charge is 2.11. The van der Waals surface area contributed by atoms with Gasteiger partial charge in [0, 0.05) is 17.8 Å². The standard InChI is InChI=1S/C12H15N/c1-10-7-8-13-12(9-10)11-5-3-2-4-6-11/h3,5,7-9,11H,2,4,6H2,1H3/t11-/m1/s1. The first-order valence-electron chi connectivity index (χ1n) is 4.95. The van der Waals surface area contributed by atoms with E-state index in [1.165, 1.54) is 30.5 Å². The zero-order valence-corrected chi connectivity index (χ0v) is 8.03. The summed E-state index contributed by atoms with van der Waals surface area (Å²) in [5, 5.41) is 0. The number of hydrogen-bond acceptors (Lipinski definition) is 1. The Hall–Kier alpha value is -1.11. The Labute approximate surface area is 79.5 Å². The Bertz CT molecular complexity index is 315. The molecule has 1 aromatic rings. The maximum absolute atomic E-state index is 4.41. The van der Waals surface area contributed by atoms with Crippen molar-refractivity contribution in [1.29, 1.82) is 0 Å². The molecule has 1 aliphatic carbocycles. The van der Waals surface area contributed by atoms with Gasteiger partial charge in [0.1, 0.15) is 0 Å². The Morgan fingerprint density at radius 2 is 2.38 bits per heavy atom. The first kappa shape index (κ1) is 8.49. The van der Waals surface area contributed by atoms with Crippen molar-refractivity contribution < 1.29 is 0 Å². The third-order valence-corrected chi connectivity index (χ3v) is 2.57. The Kier molecular flexibility index (Phi) is 2.44. The lowest BCUT2D eigenvalue weighted by Gasteiger charge is -2.15. The summed E-state index contributed by atoms with van der Waals surface area (Å²) >= 11 is 0. The van der Waals surface area contributed by atoms with Crippen LogP contribution in [0.2, 0.25) is 0 Å². The SMILES string of the molecule is Cc1ccnc([C@@H]2C=CCCC2)c1. The van der Waals surface area contributed by atoms with Crippen LogP contribution in [0, 0.1) is 6.92 Å². The second-order valence-corrected chi connectivity index (χ2v) is 3.72. The molecule has 13 heavy (non-hydrogen) atoms. The molecule has 1 heterocycles. The van der Waals surface area contributed by atoms with Crippen LogP contribution in [0.5, 0.6) is 0 Å². The van der Waals surface area contributed by atoms with Crippen molar-refractivity contribution >= 4 is 0 Å². The lowest BCUT2D eigenvalue weighted by Crippen LogP contribution is -2.01. The molecule has 1 heteroatoms. The van der Waals surface area contributed by atoms with E-state index in [1.807, 2.05) is 6.20 Å². The minimum absolute atomic E-state index is 0.564. The Morgan fingerprint density at radius 3 is 3.08 bits per heavy atom. The van der Waals surface area contributed by atoms with Crippen molar-refractivity contribution in [2.24, 2.45) is 0 Å². The topological polar surface area (TPSA) is 12.9 Å². The van der Waals surface area contributed by atoms with Crippen LogP contribution in [0.3, 0.4) is 0 Å². The first-order chi connectivity index (χ1) is 6.36. The summed E-state index contributed by atoms with van der Waals surface area (Å²) in [6.07, 6.45) is 10.3. The average Bonchev–Trinajstić information content (AvgIpc) is 2.19. The highest BCUT2D eigenvalue weighted by atomic mass is 14.7. The lowest BCUT2D eigenvalue weighted by atomic mass is 9.92. The van der Waals surface area contributed by atoms with Gasteiger partial charge in [-0.3, -0.25) is 4.98 Å². The van der Waals surface area contributed by atoms with Gasteiger partial charge in [0.15, 0.2) is 0 Å². The average molecular weight is 173 g/mol. The fourth-order valence-electron chi connectivity index (χ4n) is 1.82. The highest BCUT2D eigenvalue weighted by molar-refractivity contribution is 5.22. The summed E-state index contributed by atoms with van der Waals surface area (Å²) in [6, 6.07) is 4.25. The summed E-state index contributed by atoms with van der Waals surface area (Å²) in [6.45, 7) is 2.12. The van der Waals surface area contributed by atoms with Crippen molar-refractivity contribution in [3.8, 4) is 0 Å². The van der Waals surface area contributed by atoms with E-state index in [0.717, 1.165) is 0 Å². The molecule has 0 aromatic carbocycles. The van der Waals surface area contributed by atoms with Crippen LogP contribution in [0.4, 0.5) is 0 Å². The molecule has 1 nitrogen and oxygen atoms in total. The molecule has 1 aliphatic rings. The molecule has 0 aliphatic heterocycles. The van der Waals surface area contributed by atoms with Crippen LogP contribution in [0.1, 0.15) is 36.4 Å². The van der Waals surface area contributed by atoms with Crippen LogP contribution >= 0.6 is 0 Å². The van der Waals surface area contributed by atoms with Gasteiger partial charge in [-0.05, 0) is 43.9 Å². The van der Waals surface area contributed by atoms with Gasteiger partial charge in [-0.15, -0.1) is 0 Å². The van der Waals surface area contributed by atoms with Gasteiger partial charge in [0.2, 0.25) is 0 Å². The molecular weight excluding hydrogens is 158 g/mol. The number of allylic oxidation sites excluding steroid dienone is 2. The molecule has 0 N–H and O–H groups in total. The van der Waals surface area contributed by atoms with E-state index >= 15 is 0 Å². The number of hydrogen-bond donors (Lipinski definition) is 0. The molecule has 1 atom stereocenters. The zero-order chi connectivity index (χ0) is 9.10. The third-order valence-electron chi connectivity index (χ3n) is 2.57. The number of aromatic nitrogens is 1. The molecule has 0 fully saturated rings. The smallest absolute Gasteiger partial charge is 0.0474 e. The molecule has 0 amide bonds. The van der Waals surface area contributed by atoms with Gasteiger partial charge in [0.05, 0.1) is 0 Å². The molecule has 0 saturated carbocycles. The highest BCUT2D eigenvalue weighted by Crippen LogP contribution is 2.26. The van der Waals surface area contributed by atoms with Crippen molar-refractivity contribution in [2.45, 2.75) is 32.1 Å². The minimum Gasteiger partial charge on any atom is -0.261 e. The zero-order valence-electron chi connectivity index (χ0n) is 8.03. The molecule has 0 spiro atoms. The number of pyridine rings is 1. The molecule has 0 saturated heterocycles. The monoisotopic (exact) mass is 173 g/mol. The number of rotatable bonds is 1. The Balaban J connectivity index is 2.24. The maximum Gasteiger partial charge on any atom is 0.0474 e. The predicted molar refractivity (Wildman–Crippen MR) is 54.7 cm³/mol. The van der Waals surface area contributed by atoms with Crippen LogP contribution < -0.4 is 0 Å². The quantitative estimate of drug-likeness (QED) is 0.594.